The first-order valence-corrected chi connectivity index (χ1v) is 5.78. The minimum Gasteiger partial charge on any atom is -0.377 e. The van der Waals surface area contributed by atoms with Gasteiger partial charge in [0.15, 0.2) is 5.82 Å². The first-order valence-electron chi connectivity index (χ1n) is 5.78. The number of aromatic nitrogens is 2. The van der Waals surface area contributed by atoms with Gasteiger partial charge in [-0.3, -0.25) is 0 Å². The molecule has 0 aliphatic heterocycles. The van der Waals surface area contributed by atoms with Gasteiger partial charge in [-0.05, 0) is 12.3 Å². The van der Waals surface area contributed by atoms with Crippen molar-refractivity contribution in [1.82, 2.24) is 9.97 Å². The second-order valence-electron chi connectivity index (χ2n) is 4.11. The Morgan fingerprint density at radius 3 is 2.69 bits per heavy atom. The number of rotatable bonds is 6. The van der Waals surface area contributed by atoms with E-state index in [-0.39, 0.29) is 0 Å². The van der Waals surface area contributed by atoms with Crippen molar-refractivity contribution in [3.05, 3.63) is 17.6 Å². The predicted molar refractivity (Wildman–Crippen MR) is 65.6 cm³/mol. The van der Waals surface area contributed by atoms with E-state index in [1.807, 2.05) is 6.07 Å². The highest BCUT2D eigenvalue weighted by Crippen LogP contribution is 2.15. The monoisotopic (exact) mass is 223 g/mol. The van der Waals surface area contributed by atoms with Gasteiger partial charge in [-0.2, -0.15) is 0 Å². The number of anilines is 1. The summed E-state index contributed by atoms with van der Waals surface area (Å²) >= 11 is 0. The molecular weight excluding hydrogens is 202 g/mol. The Labute approximate surface area is 97.5 Å². The van der Waals surface area contributed by atoms with Crippen molar-refractivity contribution in [2.75, 3.05) is 19.0 Å². The summed E-state index contributed by atoms with van der Waals surface area (Å²) in [4.78, 5) is 8.85. The second kappa shape index (κ2) is 6.43. The van der Waals surface area contributed by atoms with Gasteiger partial charge >= 0.3 is 0 Å². The average molecular weight is 223 g/mol. The molecule has 16 heavy (non-hydrogen) atoms. The molecule has 90 valence electrons. The van der Waals surface area contributed by atoms with E-state index in [1.54, 1.807) is 7.11 Å². The minimum atomic E-state index is 0.404. The van der Waals surface area contributed by atoms with Crippen LogP contribution in [0.4, 0.5) is 5.82 Å². The Hall–Kier alpha value is -1.16. The molecule has 0 aliphatic carbocycles. The highest BCUT2D eigenvalue weighted by atomic mass is 16.5. The maximum atomic E-state index is 5.07. The van der Waals surface area contributed by atoms with Gasteiger partial charge in [-0.15, -0.1) is 0 Å². The molecule has 0 atom stereocenters. The Morgan fingerprint density at radius 1 is 1.38 bits per heavy atom. The Kier molecular flexibility index (Phi) is 5.19. The lowest BCUT2D eigenvalue weighted by Gasteiger charge is -2.11. The van der Waals surface area contributed by atoms with E-state index in [0.717, 1.165) is 30.3 Å². The van der Waals surface area contributed by atoms with Crippen molar-refractivity contribution in [1.29, 1.82) is 0 Å². The molecular formula is C12H21N3O. The first-order chi connectivity index (χ1) is 7.67. The number of nitrogens with one attached hydrogen (secondary N) is 1. The number of ether oxygens (including phenoxy) is 1. The van der Waals surface area contributed by atoms with Crippen LogP contribution in [0.1, 0.15) is 44.6 Å². The van der Waals surface area contributed by atoms with Crippen LogP contribution in [0, 0.1) is 0 Å². The van der Waals surface area contributed by atoms with Gasteiger partial charge in [0.1, 0.15) is 12.4 Å². The van der Waals surface area contributed by atoms with Crippen molar-refractivity contribution in [2.24, 2.45) is 0 Å². The molecule has 0 bridgehead atoms. The third kappa shape index (κ3) is 3.77. The average Bonchev–Trinajstić information content (AvgIpc) is 2.26. The molecule has 1 heterocycles. The molecule has 4 nitrogen and oxygen atoms in total. The molecule has 1 N–H and O–H groups in total. The fraction of sp³-hybridized carbons (Fsp3) is 0.667. The van der Waals surface area contributed by atoms with Crippen LogP contribution < -0.4 is 5.32 Å². The fourth-order valence-corrected chi connectivity index (χ4v) is 1.35. The molecule has 0 spiro atoms. The van der Waals surface area contributed by atoms with Crippen molar-refractivity contribution >= 4 is 5.82 Å². The maximum absolute atomic E-state index is 5.07. The Morgan fingerprint density at radius 2 is 2.12 bits per heavy atom. The standard InChI is InChI=1S/C12H21N3O/c1-5-6-13-11-7-10(9(2)3)14-12(15-11)8-16-4/h7,9H,5-6,8H2,1-4H3,(H,13,14,15). The van der Waals surface area contributed by atoms with Gasteiger partial charge in [0, 0.05) is 25.4 Å². The molecule has 1 rings (SSSR count). The number of hydrogen-bond donors (Lipinski definition) is 1. The van der Waals surface area contributed by atoms with Crippen LogP contribution in [0.25, 0.3) is 0 Å². The van der Waals surface area contributed by atoms with Gasteiger partial charge < -0.3 is 10.1 Å². The Bertz CT molecular complexity index is 326. The number of nitrogens with zero attached hydrogens (tertiary/aromatic N) is 2. The van der Waals surface area contributed by atoms with Gasteiger partial charge in [-0.25, -0.2) is 9.97 Å². The minimum absolute atomic E-state index is 0.404. The van der Waals surface area contributed by atoms with Crippen LogP contribution in [0.5, 0.6) is 0 Å². The third-order valence-corrected chi connectivity index (χ3v) is 2.21. The van der Waals surface area contributed by atoms with E-state index in [2.05, 4.69) is 36.1 Å². The summed E-state index contributed by atoms with van der Waals surface area (Å²) in [6.45, 7) is 7.78. The topological polar surface area (TPSA) is 47.0 Å². The lowest BCUT2D eigenvalue weighted by molar-refractivity contribution is 0.177. The van der Waals surface area contributed by atoms with E-state index < -0.39 is 0 Å². The molecule has 0 fully saturated rings. The van der Waals surface area contributed by atoms with E-state index in [4.69, 9.17) is 4.74 Å². The van der Waals surface area contributed by atoms with Crippen LogP contribution in [-0.2, 0) is 11.3 Å². The van der Waals surface area contributed by atoms with Crippen LogP contribution in [0.15, 0.2) is 6.07 Å². The van der Waals surface area contributed by atoms with Crippen molar-refractivity contribution in [3.63, 3.8) is 0 Å². The normalized spacial score (nSPS) is 10.8. The lowest BCUT2D eigenvalue weighted by Crippen LogP contribution is -2.08. The van der Waals surface area contributed by atoms with Gasteiger partial charge in [0.2, 0.25) is 0 Å². The number of hydrogen-bond acceptors (Lipinski definition) is 4. The van der Waals surface area contributed by atoms with Crippen LogP contribution >= 0.6 is 0 Å². The predicted octanol–water partition coefficient (Wildman–Crippen LogP) is 2.57. The lowest BCUT2D eigenvalue weighted by atomic mass is 10.1. The molecule has 0 amide bonds. The molecule has 0 saturated carbocycles. The van der Waals surface area contributed by atoms with Crippen molar-refractivity contribution in [2.45, 2.75) is 39.7 Å². The van der Waals surface area contributed by atoms with Gasteiger partial charge in [0.25, 0.3) is 0 Å². The summed E-state index contributed by atoms with van der Waals surface area (Å²) in [5.74, 6) is 2.04. The van der Waals surface area contributed by atoms with Crippen LogP contribution in [0.2, 0.25) is 0 Å². The van der Waals surface area contributed by atoms with Crippen LogP contribution in [0.3, 0.4) is 0 Å². The smallest absolute Gasteiger partial charge is 0.156 e. The van der Waals surface area contributed by atoms with E-state index in [1.165, 1.54) is 0 Å². The molecule has 1 aromatic rings. The molecule has 1 aromatic heterocycles. The van der Waals surface area contributed by atoms with Gasteiger partial charge in [-0.1, -0.05) is 20.8 Å². The maximum Gasteiger partial charge on any atom is 0.156 e. The van der Waals surface area contributed by atoms with Gasteiger partial charge in [0.05, 0.1) is 0 Å². The molecule has 0 unspecified atom stereocenters. The number of methoxy groups -OCH3 is 1. The summed E-state index contributed by atoms with van der Waals surface area (Å²) in [5.41, 5.74) is 1.06. The largest absolute Gasteiger partial charge is 0.377 e. The zero-order valence-corrected chi connectivity index (χ0v) is 10.6. The summed E-state index contributed by atoms with van der Waals surface area (Å²) < 4.78 is 5.07. The molecule has 0 aromatic carbocycles. The zero-order valence-electron chi connectivity index (χ0n) is 10.6. The van der Waals surface area contributed by atoms with Crippen molar-refractivity contribution in [3.8, 4) is 0 Å². The SMILES string of the molecule is CCCNc1cc(C(C)C)nc(COC)n1. The fourth-order valence-electron chi connectivity index (χ4n) is 1.35. The molecule has 0 radical (unpaired) electrons. The van der Waals surface area contributed by atoms with Crippen molar-refractivity contribution < 1.29 is 4.74 Å². The summed E-state index contributed by atoms with van der Waals surface area (Å²) in [6, 6.07) is 2.01. The summed E-state index contributed by atoms with van der Waals surface area (Å²) in [5, 5.41) is 3.28. The summed E-state index contributed by atoms with van der Waals surface area (Å²) in [7, 11) is 1.66. The molecule has 4 heteroatoms. The first kappa shape index (κ1) is 12.9. The third-order valence-electron chi connectivity index (χ3n) is 2.21. The zero-order chi connectivity index (χ0) is 12.0. The van der Waals surface area contributed by atoms with E-state index >= 15 is 0 Å². The molecule has 0 saturated heterocycles. The van der Waals surface area contributed by atoms with E-state index in [9.17, 15) is 0 Å². The second-order valence-corrected chi connectivity index (χ2v) is 4.11. The highest BCUT2D eigenvalue weighted by molar-refractivity contribution is 5.36. The quantitative estimate of drug-likeness (QED) is 0.805. The Balaban J connectivity index is 2.89. The summed E-state index contributed by atoms with van der Waals surface area (Å²) in [6.07, 6.45) is 1.08. The molecule has 0 aliphatic rings. The van der Waals surface area contributed by atoms with Crippen LogP contribution in [-0.4, -0.2) is 23.6 Å². The van der Waals surface area contributed by atoms with E-state index in [0.29, 0.717) is 12.5 Å². The highest BCUT2D eigenvalue weighted by Gasteiger charge is 2.07.